The Balaban J connectivity index is 1.38. The van der Waals surface area contributed by atoms with E-state index >= 15 is 0 Å². The smallest absolute Gasteiger partial charge is 0.250 e. The molecule has 0 aliphatic carbocycles. The SMILES string of the molecule is Fc1cccnc1O[C@@H]1CO[C@]2(CCCN(Cc3cccnc3)C2)C1. The number of rotatable bonds is 4. The number of hydrogen-bond donors (Lipinski definition) is 0. The molecule has 4 heterocycles. The molecule has 5 nitrogen and oxygen atoms in total. The third-order valence-electron chi connectivity index (χ3n) is 4.93. The van der Waals surface area contributed by atoms with Crippen LogP contribution in [0.25, 0.3) is 0 Å². The van der Waals surface area contributed by atoms with E-state index in [0.717, 1.165) is 38.9 Å². The second-order valence-corrected chi connectivity index (χ2v) is 6.90. The molecule has 25 heavy (non-hydrogen) atoms. The first-order chi connectivity index (χ1) is 12.2. The average Bonchev–Trinajstić information content (AvgIpc) is 3.00. The summed E-state index contributed by atoms with van der Waals surface area (Å²) in [6.45, 7) is 3.28. The number of ether oxygens (including phenoxy) is 2. The summed E-state index contributed by atoms with van der Waals surface area (Å²) in [6.07, 6.45) is 7.97. The van der Waals surface area contributed by atoms with Crippen LogP contribution in [0.5, 0.6) is 5.88 Å². The number of pyridine rings is 2. The molecule has 0 bridgehead atoms. The van der Waals surface area contributed by atoms with Crippen LogP contribution in [-0.2, 0) is 11.3 Å². The van der Waals surface area contributed by atoms with Crippen molar-refractivity contribution in [2.45, 2.75) is 37.5 Å². The minimum atomic E-state index is -0.426. The zero-order valence-corrected chi connectivity index (χ0v) is 14.1. The van der Waals surface area contributed by atoms with Crippen LogP contribution >= 0.6 is 0 Å². The molecular weight excluding hydrogens is 321 g/mol. The molecular formula is C19H22FN3O2. The van der Waals surface area contributed by atoms with E-state index < -0.39 is 5.82 Å². The van der Waals surface area contributed by atoms with Crippen LogP contribution in [0.3, 0.4) is 0 Å². The summed E-state index contributed by atoms with van der Waals surface area (Å²) < 4.78 is 25.6. The summed E-state index contributed by atoms with van der Waals surface area (Å²) >= 11 is 0. The van der Waals surface area contributed by atoms with Gasteiger partial charge in [-0.1, -0.05) is 6.07 Å². The Morgan fingerprint density at radius 3 is 3.08 bits per heavy atom. The highest BCUT2D eigenvalue weighted by Crippen LogP contribution is 2.36. The predicted molar refractivity (Wildman–Crippen MR) is 90.7 cm³/mol. The van der Waals surface area contributed by atoms with E-state index in [2.05, 4.69) is 20.9 Å². The van der Waals surface area contributed by atoms with Crippen LogP contribution in [0.1, 0.15) is 24.8 Å². The molecule has 2 atom stereocenters. The van der Waals surface area contributed by atoms with E-state index in [1.807, 2.05) is 12.3 Å². The molecule has 4 rings (SSSR count). The molecule has 0 saturated carbocycles. The Bertz CT molecular complexity index is 715. The quantitative estimate of drug-likeness (QED) is 0.854. The number of aromatic nitrogens is 2. The fraction of sp³-hybridized carbons (Fsp3) is 0.474. The number of piperidine rings is 1. The van der Waals surface area contributed by atoms with Gasteiger partial charge < -0.3 is 9.47 Å². The Morgan fingerprint density at radius 2 is 2.24 bits per heavy atom. The fourth-order valence-corrected chi connectivity index (χ4v) is 3.85. The van der Waals surface area contributed by atoms with Gasteiger partial charge in [0.15, 0.2) is 5.82 Å². The lowest BCUT2D eigenvalue weighted by molar-refractivity contribution is -0.0538. The lowest BCUT2D eigenvalue weighted by Gasteiger charge is -2.39. The van der Waals surface area contributed by atoms with Crippen LogP contribution in [0, 0.1) is 5.82 Å². The van der Waals surface area contributed by atoms with E-state index in [4.69, 9.17) is 9.47 Å². The first-order valence-electron chi connectivity index (χ1n) is 8.75. The molecule has 132 valence electrons. The molecule has 0 N–H and O–H groups in total. The van der Waals surface area contributed by atoms with Crippen molar-refractivity contribution in [3.63, 3.8) is 0 Å². The molecule has 2 aromatic rings. The molecule has 1 spiro atoms. The van der Waals surface area contributed by atoms with Crippen LogP contribution in [-0.4, -0.2) is 46.3 Å². The van der Waals surface area contributed by atoms with Gasteiger partial charge in [-0.2, -0.15) is 0 Å². The minimum Gasteiger partial charge on any atom is -0.470 e. The maximum absolute atomic E-state index is 13.7. The van der Waals surface area contributed by atoms with Gasteiger partial charge in [0.1, 0.15) is 6.10 Å². The highest BCUT2D eigenvalue weighted by atomic mass is 19.1. The van der Waals surface area contributed by atoms with Gasteiger partial charge in [0.2, 0.25) is 0 Å². The number of nitrogens with zero attached hydrogens (tertiary/aromatic N) is 3. The first kappa shape index (κ1) is 16.4. The van der Waals surface area contributed by atoms with Gasteiger partial charge >= 0.3 is 0 Å². The van der Waals surface area contributed by atoms with E-state index in [1.54, 1.807) is 18.5 Å². The third-order valence-corrected chi connectivity index (χ3v) is 4.93. The largest absolute Gasteiger partial charge is 0.470 e. The van der Waals surface area contributed by atoms with Gasteiger partial charge in [-0.05, 0) is 43.1 Å². The molecule has 2 saturated heterocycles. The van der Waals surface area contributed by atoms with Crippen molar-refractivity contribution < 1.29 is 13.9 Å². The fourth-order valence-electron chi connectivity index (χ4n) is 3.85. The van der Waals surface area contributed by atoms with Crippen LogP contribution in [0.2, 0.25) is 0 Å². The Kier molecular flexibility index (Phi) is 4.63. The standard InChI is InChI=1S/C19H22FN3O2/c20-17-5-2-8-22-18(17)25-16-10-19(24-13-16)6-3-9-23(14-19)12-15-4-1-7-21-11-15/h1-2,4-5,7-8,11,16H,3,6,9-10,12-14H2/t16-,19+/m0/s1. The lowest BCUT2D eigenvalue weighted by atomic mass is 9.89. The monoisotopic (exact) mass is 343 g/mol. The van der Waals surface area contributed by atoms with Gasteiger partial charge in [0, 0.05) is 38.1 Å². The van der Waals surface area contributed by atoms with Crippen molar-refractivity contribution >= 4 is 0 Å². The third kappa shape index (κ3) is 3.80. The zero-order valence-electron chi connectivity index (χ0n) is 14.1. The Labute approximate surface area is 146 Å². The van der Waals surface area contributed by atoms with E-state index in [-0.39, 0.29) is 17.6 Å². The van der Waals surface area contributed by atoms with Crippen molar-refractivity contribution in [2.75, 3.05) is 19.7 Å². The van der Waals surface area contributed by atoms with Crippen LogP contribution in [0.4, 0.5) is 4.39 Å². The normalized spacial score (nSPS) is 26.8. The first-order valence-corrected chi connectivity index (χ1v) is 8.75. The topological polar surface area (TPSA) is 47.5 Å². The maximum Gasteiger partial charge on any atom is 0.250 e. The summed E-state index contributed by atoms with van der Waals surface area (Å²) in [4.78, 5) is 10.6. The molecule has 0 amide bonds. The number of halogens is 1. The van der Waals surface area contributed by atoms with Gasteiger partial charge in [-0.25, -0.2) is 9.37 Å². The van der Waals surface area contributed by atoms with Gasteiger partial charge in [0.05, 0.1) is 12.2 Å². The Morgan fingerprint density at radius 1 is 1.32 bits per heavy atom. The molecule has 2 aliphatic rings. The van der Waals surface area contributed by atoms with Crippen molar-refractivity contribution in [1.82, 2.24) is 14.9 Å². The highest BCUT2D eigenvalue weighted by Gasteiger charge is 2.44. The molecule has 2 aromatic heterocycles. The highest BCUT2D eigenvalue weighted by molar-refractivity contribution is 5.14. The minimum absolute atomic E-state index is 0.0659. The Hall–Kier alpha value is -2.05. The van der Waals surface area contributed by atoms with Crippen molar-refractivity contribution in [3.05, 3.63) is 54.2 Å². The molecule has 2 aliphatic heterocycles. The summed E-state index contributed by atoms with van der Waals surface area (Å²) in [6, 6.07) is 6.99. The maximum atomic E-state index is 13.7. The molecule has 6 heteroatoms. The van der Waals surface area contributed by atoms with Crippen molar-refractivity contribution in [3.8, 4) is 5.88 Å². The predicted octanol–water partition coefficient (Wildman–Crippen LogP) is 2.82. The van der Waals surface area contributed by atoms with Gasteiger partial charge in [-0.15, -0.1) is 0 Å². The van der Waals surface area contributed by atoms with E-state index in [1.165, 1.54) is 11.6 Å². The van der Waals surface area contributed by atoms with Gasteiger partial charge in [0.25, 0.3) is 5.88 Å². The second-order valence-electron chi connectivity index (χ2n) is 6.90. The summed E-state index contributed by atoms with van der Waals surface area (Å²) in [5.74, 6) is -0.360. The van der Waals surface area contributed by atoms with Crippen LogP contribution in [0.15, 0.2) is 42.9 Å². The van der Waals surface area contributed by atoms with E-state index in [0.29, 0.717) is 6.61 Å². The molecule has 0 aromatic carbocycles. The summed E-state index contributed by atoms with van der Waals surface area (Å²) in [5, 5.41) is 0. The van der Waals surface area contributed by atoms with Crippen molar-refractivity contribution in [1.29, 1.82) is 0 Å². The summed E-state index contributed by atoms with van der Waals surface area (Å²) in [5.41, 5.74) is 1.01. The average molecular weight is 343 g/mol. The molecule has 2 fully saturated rings. The lowest BCUT2D eigenvalue weighted by Crippen LogP contribution is -2.47. The summed E-state index contributed by atoms with van der Waals surface area (Å²) in [7, 11) is 0. The zero-order chi connectivity index (χ0) is 17.1. The van der Waals surface area contributed by atoms with E-state index in [9.17, 15) is 4.39 Å². The second kappa shape index (κ2) is 7.06. The number of hydrogen-bond acceptors (Lipinski definition) is 5. The van der Waals surface area contributed by atoms with Crippen molar-refractivity contribution in [2.24, 2.45) is 0 Å². The number of likely N-dealkylation sites (tertiary alicyclic amines) is 1. The molecule has 0 unspecified atom stereocenters. The molecule has 0 radical (unpaired) electrons. The van der Waals surface area contributed by atoms with Gasteiger partial charge in [-0.3, -0.25) is 9.88 Å². The van der Waals surface area contributed by atoms with Crippen LogP contribution < -0.4 is 4.74 Å².